The van der Waals surface area contributed by atoms with Crippen molar-refractivity contribution in [1.29, 1.82) is 0 Å². The average molecular weight is 647 g/mol. The Morgan fingerprint density at radius 1 is 0.851 bits per heavy atom. The van der Waals surface area contributed by atoms with Crippen molar-refractivity contribution in [2.75, 3.05) is 10.6 Å². The third kappa shape index (κ3) is 6.82. The third-order valence-electron chi connectivity index (χ3n) is 7.40. The summed E-state index contributed by atoms with van der Waals surface area (Å²) in [4.78, 5) is 56.6. The molecule has 0 unspecified atom stereocenters. The van der Waals surface area contributed by atoms with Gasteiger partial charge in [-0.2, -0.15) is 4.68 Å². The molecule has 0 aliphatic heterocycles. The first-order chi connectivity index (χ1) is 22.7. The van der Waals surface area contributed by atoms with Crippen molar-refractivity contribution < 1.29 is 23.9 Å². The van der Waals surface area contributed by atoms with E-state index in [-0.39, 0.29) is 29.6 Å². The maximum Gasteiger partial charge on any atom is 0.436 e. The number of aromatic amines is 1. The van der Waals surface area contributed by atoms with Gasteiger partial charge < -0.3 is 25.7 Å². The molecule has 47 heavy (non-hydrogen) atoms. The molecular formula is C35H30N6O5S. The van der Waals surface area contributed by atoms with Crippen molar-refractivity contribution >= 4 is 56.9 Å². The number of hydrogen-bond donors (Lipinski definition) is 4. The maximum atomic E-state index is 13.6. The van der Waals surface area contributed by atoms with Crippen molar-refractivity contribution in [1.82, 2.24) is 20.1 Å². The molecule has 3 aromatic carbocycles. The van der Waals surface area contributed by atoms with Crippen LogP contribution >= 0.6 is 11.3 Å². The summed E-state index contributed by atoms with van der Waals surface area (Å²) in [5, 5.41) is 13.3. The number of nitrogens with one attached hydrogen (secondary N) is 4. The number of para-hydroxylation sites is 1. The van der Waals surface area contributed by atoms with Gasteiger partial charge in [0.2, 0.25) is 0 Å². The first-order valence-electron chi connectivity index (χ1n) is 14.7. The van der Waals surface area contributed by atoms with E-state index in [0.29, 0.717) is 20.7 Å². The lowest BCUT2D eigenvalue weighted by Gasteiger charge is -2.26. The van der Waals surface area contributed by atoms with Gasteiger partial charge in [-0.05, 0) is 49.2 Å². The van der Waals surface area contributed by atoms with Crippen LogP contribution in [0.4, 0.5) is 16.3 Å². The Morgan fingerprint density at radius 3 is 2.28 bits per heavy atom. The predicted octanol–water partition coefficient (Wildman–Crippen LogP) is 6.78. The Morgan fingerprint density at radius 2 is 1.55 bits per heavy atom. The number of ether oxygens (including phenoxy) is 1. The first-order valence-corrected chi connectivity index (χ1v) is 15.5. The molecule has 0 bridgehead atoms. The maximum absolute atomic E-state index is 13.6. The normalized spacial score (nSPS) is 11.2. The monoisotopic (exact) mass is 646 g/mol. The number of hydrogen-bond acceptors (Lipinski definition) is 7. The number of H-pyrrole nitrogens is 1. The largest absolute Gasteiger partial charge is 0.443 e. The SMILES string of the molecule is CC(C)(NC(=O)c1cc2c(NC(=O)c3ccccc3NC(=O)c3cc[nH]c3)nn(C(=O)OCc3ccccc3)c2s1)c1ccccc1. The standard InChI is InChI=1S/C35H30N6O5S/c1-35(2,24-13-7-4-8-14-24)39-32(44)28-19-26-29(40-41(33(26)47-28)34(45)46-21-22-11-5-3-6-12-22)38-31(43)25-15-9-10-16-27(25)37-30(42)23-17-18-36-20-23/h3-20,36H,21H2,1-2H3,(H,37,42)(H,39,44)(H,38,40,43). The molecule has 6 rings (SSSR count). The van der Waals surface area contributed by atoms with E-state index in [1.807, 2.05) is 74.5 Å². The lowest BCUT2D eigenvalue weighted by atomic mass is 9.94. The molecule has 3 amide bonds. The molecule has 3 aromatic heterocycles. The van der Waals surface area contributed by atoms with Gasteiger partial charge in [0.1, 0.15) is 11.4 Å². The summed E-state index contributed by atoms with van der Waals surface area (Å²) < 4.78 is 6.58. The van der Waals surface area contributed by atoms with Crippen LogP contribution in [0, 0.1) is 0 Å². The second-order valence-corrected chi connectivity index (χ2v) is 12.2. The number of aromatic nitrogens is 3. The van der Waals surface area contributed by atoms with E-state index in [0.717, 1.165) is 27.1 Å². The molecule has 11 nitrogen and oxygen atoms in total. The van der Waals surface area contributed by atoms with Gasteiger partial charge in [0, 0.05) is 12.4 Å². The molecule has 12 heteroatoms. The van der Waals surface area contributed by atoms with E-state index < -0.39 is 23.4 Å². The zero-order valence-corrected chi connectivity index (χ0v) is 26.3. The third-order valence-corrected chi connectivity index (χ3v) is 8.50. The zero-order valence-electron chi connectivity index (χ0n) is 25.4. The molecule has 0 aliphatic rings. The summed E-state index contributed by atoms with van der Waals surface area (Å²) in [6.07, 6.45) is 2.39. The Kier molecular flexibility index (Phi) is 8.67. The number of benzene rings is 3. The fourth-order valence-corrected chi connectivity index (χ4v) is 5.91. The highest BCUT2D eigenvalue weighted by Gasteiger charge is 2.28. The molecule has 4 N–H and O–H groups in total. The van der Waals surface area contributed by atoms with E-state index in [9.17, 15) is 19.2 Å². The number of rotatable bonds is 9. The van der Waals surface area contributed by atoms with Gasteiger partial charge >= 0.3 is 6.09 Å². The smallest absolute Gasteiger partial charge is 0.436 e. The molecule has 0 saturated carbocycles. The van der Waals surface area contributed by atoms with Crippen LogP contribution in [0.2, 0.25) is 0 Å². The highest BCUT2D eigenvalue weighted by molar-refractivity contribution is 7.20. The number of amides is 3. The first kappa shape index (κ1) is 31.0. The Bertz CT molecular complexity index is 2070. The van der Waals surface area contributed by atoms with E-state index in [1.165, 1.54) is 0 Å². The minimum absolute atomic E-state index is 0.000912. The lowest BCUT2D eigenvalue weighted by molar-refractivity contribution is 0.0915. The van der Waals surface area contributed by atoms with Crippen LogP contribution in [0.1, 0.15) is 55.4 Å². The predicted molar refractivity (Wildman–Crippen MR) is 180 cm³/mol. The quantitative estimate of drug-likeness (QED) is 0.136. The van der Waals surface area contributed by atoms with Gasteiger partial charge in [-0.1, -0.05) is 72.8 Å². The fraction of sp³-hybridized carbons (Fsp3) is 0.114. The van der Waals surface area contributed by atoms with Crippen molar-refractivity contribution in [2.45, 2.75) is 26.0 Å². The molecule has 0 spiro atoms. The highest BCUT2D eigenvalue weighted by atomic mass is 32.1. The summed E-state index contributed by atoms with van der Waals surface area (Å²) in [6, 6.07) is 28.5. The minimum atomic E-state index is -0.781. The van der Waals surface area contributed by atoms with Crippen LogP contribution in [0.3, 0.4) is 0 Å². The summed E-state index contributed by atoms with van der Waals surface area (Å²) in [6.45, 7) is 3.79. The number of carbonyl (C=O) groups is 4. The zero-order chi connectivity index (χ0) is 33.0. The second-order valence-electron chi connectivity index (χ2n) is 11.1. The lowest BCUT2D eigenvalue weighted by Crippen LogP contribution is -2.40. The van der Waals surface area contributed by atoms with Crippen LogP contribution in [0.25, 0.3) is 10.2 Å². The second kappa shape index (κ2) is 13.2. The van der Waals surface area contributed by atoms with Gasteiger partial charge in [0.15, 0.2) is 5.82 Å². The Labute approximate surface area is 273 Å². The number of anilines is 2. The van der Waals surface area contributed by atoms with Crippen LogP contribution in [0.15, 0.2) is 109 Å². The van der Waals surface area contributed by atoms with Gasteiger partial charge in [0.05, 0.1) is 32.6 Å². The van der Waals surface area contributed by atoms with Gasteiger partial charge in [0.25, 0.3) is 17.7 Å². The van der Waals surface area contributed by atoms with E-state index in [2.05, 4.69) is 26.0 Å². The molecule has 0 aliphatic carbocycles. The number of fused-ring (bicyclic) bond motifs is 1. The summed E-state index contributed by atoms with van der Waals surface area (Å²) in [5.74, 6) is -1.29. The highest BCUT2D eigenvalue weighted by Crippen LogP contribution is 2.33. The minimum Gasteiger partial charge on any atom is -0.443 e. The van der Waals surface area contributed by atoms with Crippen LogP contribution in [-0.2, 0) is 16.9 Å². The fourth-order valence-electron chi connectivity index (χ4n) is 4.91. The molecule has 0 fully saturated rings. The van der Waals surface area contributed by atoms with Crippen LogP contribution < -0.4 is 16.0 Å². The molecule has 3 heterocycles. The van der Waals surface area contributed by atoms with Gasteiger partial charge in [-0.25, -0.2) is 4.79 Å². The molecule has 6 aromatic rings. The summed E-state index contributed by atoms with van der Waals surface area (Å²) in [5.41, 5.74) is 1.85. The van der Waals surface area contributed by atoms with Crippen LogP contribution in [-0.4, -0.2) is 38.6 Å². The van der Waals surface area contributed by atoms with Crippen molar-refractivity contribution in [3.63, 3.8) is 0 Å². The number of thiophene rings is 1. The van der Waals surface area contributed by atoms with Crippen molar-refractivity contribution in [3.05, 3.63) is 137 Å². The summed E-state index contributed by atoms with van der Waals surface area (Å²) >= 11 is 1.05. The number of nitrogens with zero attached hydrogens (tertiary/aromatic N) is 2. The molecule has 0 saturated heterocycles. The Balaban J connectivity index is 1.30. The average Bonchev–Trinajstić information content (AvgIpc) is 3.84. The van der Waals surface area contributed by atoms with Gasteiger partial charge in [-0.15, -0.1) is 16.4 Å². The topological polar surface area (TPSA) is 147 Å². The Hall–Kier alpha value is -6.01. The molecular weight excluding hydrogens is 616 g/mol. The van der Waals surface area contributed by atoms with Crippen molar-refractivity contribution in [2.24, 2.45) is 0 Å². The van der Waals surface area contributed by atoms with Gasteiger partial charge in [-0.3, -0.25) is 14.4 Å². The van der Waals surface area contributed by atoms with E-state index >= 15 is 0 Å². The van der Waals surface area contributed by atoms with E-state index in [1.54, 1.807) is 48.8 Å². The van der Waals surface area contributed by atoms with Crippen LogP contribution in [0.5, 0.6) is 0 Å². The van der Waals surface area contributed by atoms with Crippen molar-refractivity contribution in [3.8, 4) is 0 Å². The molecule has 0 radical (unpaired) electrons. The molecule has 236 valence electrons. The number of carbonyl (C=O) groups excluding carboxylic acids is 4. The van der Waals surface area contributed by atoms with E-state index in [4.69, 9.17) is 4.74 Å². The summed E-state index contributed by atoms with van der Waals surface area (Å²) in [7, 11) is 0. The molecule has 0 atom stereocenters.